The summed E-state index contributed by atoms with van der Waals surface area (Å²) in [5, 5.41) is 9.41. The van der Waals surface area contributed by atoms with E-state index in [0.717, 1.165) is 5.92 Å². The zero-order valence-corrected chi connectivity index (χ0v) is 10.9. The standard InChI is InChI=1S/C14H22N2O2/c1-9-2-4-10(5-3-9)8-18-12-7-6-11(17)13(15)14(12)16/h6-7,9-10,17H,2-5,8,15-16H2,1H3. The molecule has 5 N–H and O–H groups in total. The van der Waals surface area contributed by atoms with Crippen LogP contribution in [-0.4, -0.2) is 11.7 Å². The minimum atomic E-state index is 0.00587. The van der Waals surface area contributed by atoms with Crippen LogP contribution in [0.15, 0.2) is 12.1 Å². The Bertz CT molecular complexity index is 413. The van der Waals surface area contributed by atoms with E-state index < -0.39 is 0 Å². The van der Waals surface area contributed by atoms with Crippen LogP contribution in [0.2, 0.25) is 0 Å². The van der Waals surface area contributed by atoms with Gasteiger partial charge in [-0.15, -0.1) is 0 Å². The fraction of sp³-hybridized carbons (Fsp3) is 0.571. The van der Waals surface area contributed by atoms with Gasteiger partial charge in [0.05, 0.1) is 6.61 Å². The number of rotatable bonds is 3. The Kier molecular flexibility index (Phi) is 3.84. The van der Waals surface area contributed by atoms with Gasteiger partial charge < -0.3 is 21.3 Å². The van der Waals surface area contributed by atoms with Gasteiger partial charge in [0.25, 0.3) is 0 Å². The highest BCUT2D eigenvalue weighted by atomic mass is 16.5. The van der Waals surface area contributed by atoms with Crippen LogP contribution in [0.4, 0.5) is 11.4 Å². The predicted octanol–water partition coefficient (Wildman–Crippen LogP) is 2.76. The summed E-state index contributed by atoms with van der Waals surface area (Å²) in [6.45, 7) is 2.98. The molecular weight excluding hydrogens is 228 g/mol. The minimum Gasteiger partial charge on any atom is -0.506 e. The first-order chi connectivity index (χ1) is 8.58. The van der Waals surface area contributed by atoms with E-state index in [1.807, 2.05) is 0 Å². The molecule has 0 aliphatic heterocycles. The molecule has 100 valence electrons. The quantitative estimate of drug-likeness (QED) is 0.569. The van der Waals surface area contributed by atoms with Crippen molar-refractivity contribution in [1.29, 1.82) is 0 Å². The van der Waals surface area contributed by atoms with E-state index in [2.05, 4.69) is 6.92 Å². The van der Waals surface area contributed by atoms with Gasteiger partial charge in [-0.05, 0) is 36.8 Å². The fourth-order valence-corrected chi connectivity index (χ4v) is 2.43. The maximum atomic E-state index is 9.41. The molecule has 0 amide bonds. The highest BCUT2D eigenvalue weighted by molar-refractivity contribution is 5.76. The molecule has 0 spiro atoms. The maximum absolute atomic E-state index is 9.41. The molecule has 4 nitrogen and oxygen atoms in total. The zero-order chi connectivity index (χ0) is 13.1. The Balaban J connectivity index is 1.92. The first kappa shape index (κ1) is 12.9. The Labute approximate surface area is 108 Å². The monoisotopic (exact) mass is 250 g/mol. The molecule has 1 fully saturated rings. The van der Waals surface area contributed by atoms with Gasteiger partial charge in [0.2, 0.25) is 0 Å². The number of hydrogen-bond donors (Lipinski definition) is 3. The second kappa shape index (κ2) is 5.38. The van der Waals surface area contributed by atoms with Crippen molar-refractivity contribution in [3.8, 4) is 11.5 Å². The number of ether oxygens (including phenoxy) is 1. The summed E-state index contributed by atoms with van der Waals surface area (Å²) < 4.78 is 5.73. The van der Waals surface area contributed by atoms with Crippen molar-refractivity contribution >= 4 is 11.4 Å². The highest BCUT2D eigenvalue weighted by Crippen LogP contribution is 2.35. The maximum Gasteiger partial charge on any atom is 0.144 e. The fourth-order valence-electron chi connectivity index (χ4n) is 2.43. The van der Waals surface area contributed by atoms with E-state index in [0.29, 0.717) is 24.0 Å². The van der Waals surface area contributed by atoms with E-state index >= 15 is 0 Å². The Morgan fingerprint density at radius 3 is 2.50 bits per heavy atom. The Morgan fingerprint density at radius 2 is 1.83 bits per heavy atom. The number of anilines is 2. The summed E-state index contributed by atoms with van der Waals surface area (Å²) in [6, 6.07) is 3.19. The first-order valence-electron chi connectivity index (χ1n) is 6.57. The van der Waals surface area contributed by atoms with Gasteiger partial charge in [0, 0.05) is 0 Å². The number of hydrogen-bond acceptors (Lipinski definition) is 4. The molecule has 1 aromatic carbocycles. The van der Waals surface area contributed by atoms with E-state index in [1.54, 1.807) is 6.07 Å². The average Bonchev–Trinajstić information content (AvgIpc) is 2.37. The summed E-state index contributed by atoms with van der Waals surface area (Å²) in [7, 11) is 0. The lowest BCUT2D eigenvalue weighted by Gasteiger charge is -2.26. The SMILES string of the molecule is CC1CCC(COc2ccc(O)c(N)c2N)CC1. The third-order valence-corrected chi connectivity index (χ3v) is 3.83. The van der Waals surface area contributed by atoms with Crippen LogP contribution in [-0.2, 0) is 0 Å². The van der Waals surface area contributed by atoms with Crippen LogP contribution in [0.1, 0.15) is 32.6 Å². The third kappa shape index (κ3) is 2.81. The summed E-state index contributed by atoms with van der Waals surface area (Å²) >= 11 is 0. The molecule has 0 aromatic heterocycles. The number of nitrogens with two attached hydrogens (primary N) is 2. The van der Waals surface area contributed by atoms with E-state index in [4.69, 9.17) is 16.2 Å². The molecule has 0 atom stereocenters. The van der Waals surface area contributed by atoms with Crippen molar-refractivity contribution in [2.24, 2.45) is 11.8 Å². The molecular formula is C14H22N2O2. The van der Waals surface area contributed by atoms with Crippen molar-refractivity contribution in [2.75, 3.05) is 18.1 Å². The summed E-state index contributed by atoms with van der Waals surface area (Å²) in [5.41, 5.74) is 12.0. The molecule has 0 radical (unpaired) electrons. The molecule has 2 rings (SSSR count). The van der Waals surface area contributed by atoms with Gasteiger partial charge in [-0.3, -0.25) is 0 Å². The molecule has 1 saturated carbocycles. The molecule has 0 unspecified atom stereocenters. The van der Waals surface area contributed by atoms with Gasteiger partial charge in [-0.1, -0.05) is 19.8 Å². The van der Waals surface area contributed by atoms with E-state index in [1.165, 1.54) is 31.7 Å². The van der Waals surface area contributed by atoms with Gasteiger partial charge in [-0.25, -0.2) is 0 Å². The third-order valence-electron chi connectivity index (χ3n) is 3.83. The minimum absolute atomic E-state index is 0.00587. The largest absolute Gasteiger partial charge is 0.506 e. The van der Waals surface area contributed by atoms with Crippen molar-refractivity contribution in [2.45, 2.75) is 32.6 Å². The summed E-state index contributed by atoms with van der Waals surface area (Å²) in [4.78, 5) is 0. The Hall–Kier alpha value is -1.58. The second-order valence-electron chi connectivity index (χ2n) is 5.35. The molecule has 0 bridgehead atoms. The van der Waals surface area contributed by atoms with Crippen LogP contribution >= 0.6 is 0 Å². The van der Waals surface area contributed by atoms with Crippen LogP contribution in [0, 0.1) is 11.8 Å². The van der Waals surface area contributed by atoms with Gasteiger partial charge in [-0.2, -0.15) is 0 Å². The van der Waals surface area contributed by atoms with Crippen molar-refractivity contribution in [3.05, 3.63) is 12.1 Å². The highest BCUT2D eigenvalue weighted by Gasteiger charge is 2.19. The van der Waals surface area contributed by atoms with Crippen LogP contribution in [0.3, 0.4) is 0 Å². The van der Waals surface area contributed by atoms with Crippen LogP contribution in [0.25, 0.3) is 0 Å². The normalized spacial score (nSPS) is 23.8. The lowest BCUT2D eigenvalue weighted by atomic mass is 9.83. The number of benzene rings is 1. The summed E-state index contributed by atoms with van der Waals surface area (Å²) in [6.07, 6.45) is 4.99. The van der Waals surface area contributed by atoms with Crippen LogP contribution < -0.4 is 16.2 Å². The topological polar surface area (TPSA) is 81.5 Å². The van der Waals surface area contributed by atoms with Crippen LogP contribution in [0.5, 0.6) is 11.5 Å². The number of phenolic OH excluding ortho intramolecular Hbond substituents is 1. The molecule has 18 heavy (non-hydrogen) atoms. The molecule has 0 heterocycles. The first-order valence-corrected chi connectivity index (χ1v) is 6.57. The van der Waals surface area contributed by atoms with Crippen molar-refractivity contribution in [1.82, 2.24) is 0 Å². The molecule has 1 aliphatic rings. The number of phenols is 1. The average molecular weight is 250 g/mol. The molecule has 4 heteroatoms. The van der Waals surface area contributed by atoms with E-state index in [9.17, 15) is 5.11 Å². The molecule has 1 aliphatic carbocycles. The molecule has 1 aromatic rings. The smallest absolute Gasteiger partial charge is 0.144 e. The predicted molar refractivity (Wildman–Crippen MR) is 73.5 cm³/mol. The van der Waals surface area contributed by atoms with Gasteiger partial charge in [0.1, 0.15) is 22.9 Å². The van der Waals surface area contributed by atoms with Crippen molar-refractivity contribution < 1.29 is 9.84 Å². The van der Waals surface area contributed by atoms with Gasteiger partial charge in [0.15, 0.2) is 0 Å². The second-order valence-corrected chi connectivity index (χ2v) is 5.35. The van der Waals surface area contributed by atoms with E-state index in [-0.39, 0.29) is 11.4 Å². The summed E-state index contributed by atoms with van der Waals surface area (Å²) in [5.74, 6) is 2.03. The van der Waals surface area contributed by atoms with Gasteiger partial charge >= 0.3 is 0 Å². The Morgan fingerprint density at radius 1 is 1.17 bits per heavy atom. The number of aromatic hydroxyl groups is 1. The van der Waals surface area contributed by atoms with Crippen molar-refractivity contribution in [3.63, 3.8) is 0 Å². The lowest BCUT2D eigenvalue weighted by Crippen LogP contribution is -2.19. The molecule has 0 saturated heterocycles. The number of nitrogen functional groups attached to an aromatic ring is 2. The lowest BCUT2D eigenvalue weighted by molar-refractivity contribution is 0.188. The zero-order valence-electron chi connectivity index (χ0n) is 10.9.